The standard InChI is InChI=1S/C12H19N3O.HI/c1-3-10-5-4-6-11(9-10)15-12(13)14-7-8-16-2;/h4-6,9H,3,7-8H2,1-2H3,(H3,13,14,15);1H. The quantitative estimate of drug-likeness (QED) is 0.371. The Morgan fingerprint density at radius 3 is 2.88 bits per heavy atom. The van der Waals surface area contributed by atoms with Gasteiger partial charge in [0.15, 0.2) is 5.96 Å². The molecule has 0 aliphatic rings. The molecule has 0 heterocycles. The number of methoxy groups -OCH3 is 1. The minimum atomic E-state index is 0. The molecular formula is C12H20IN3O. The number of halogens is 1. The third-order valence-corrected chi connectivity index (χ3v) is 2.19. The number of ether oxygens (including phenoxy) is 1. The van der Waals surface area contributed by atoms with Gasteiger partial charge in [-0.15, -0.1) is 24.0 Å². The molecule has 0 unspecified atom stereocenters. The van der Waals surface area contributed by atoms with Gasteiger partial charge >= 0.3 is 0 Å². The third-order valence-electron chi connectivity index (χ3n) is 2.19. The summed E-state index contributed by atoms with van der Waals surface area (Å²) in [5.41, 5.74) is 7.96. The van der Waals surface area contributed by atoms with Crippen LogP contribution in [0.3, 0.4) is 0 Å². The van der Waals surface area contributed by atoms with Crippen molar-refractivity contribution in [1.82, 2.24) is 0 Å². The van der Waals surface area contributed by atoms with Crippen molar-refractivity contribution in [2.75, 3.05) is 25.6 Å². The molecule has 0 spiro atoms. The maximum absolute atomic E-state index is 5.72. The number of nitrogens with two attached hydrogens (primary N) is 1. The predicted octanol–water partition coefficient (Wildman–Crippen LogP) is 2.24. The van der Waals surface area contributed by atoms with Crippen molar-refractivity contribution in [3.8, 4) is 0 Å². The summed E-state index contributed by atoms with van der Waals surface area (Å²) in [6.07, 6.45) is 1.01. The number of anilines is 1. The van der Waals surface area contributed by atoms with Gasteiger partial charge in [0.25, 0.3) is 0 Å². The van der Waals surface area contributed by atoms with Crippen molar-refractivity contribution in [2.45, 2.75) is 13.3 Å². The smallest absolute Gasteiger partial charge is 0.193 e. The molecular weight excluding hydrogens is 329 g/mol. The topological polar surface area (TPSA) is 59.6 Å². The molecule has 0 aliphatic carbocycles. The Kier molecular flexibility index (Phi) is 8.79. The molecule has 1 rings (SSSR count). The summed E-state index contributed by atoms with van der Waals surface area (Å²) >= 11 is 0. The van der Waals surface area contributed by atoms with Gasteiger partial charge in [0.2, 0.25) is 0 Å². The Hall–Kier alpha value is -0.820. The predicted molar refractivity (Wildman–Crippen MR) is 83.2 cm³/mol. The van der Waals surface area contributed by atoms with Crippen molar-refractivity contribution >= 4 is 35.6 Å². The maximum atomic E-state index is 5.72. The fourth-order valence-corrected chi connectivity index (χ4v) is 1.31. The lowest BCUT2D eigenvalue weighted by atomic mass is 10.1. The molecule has 0 amide bonds. The molecule has 5 heteroatoms. The second-order valence-corrected chi connectivity index (χ2v) is 3.44. The Morgan fingerprint density at radius 2 is 2.24 bits per heavy atom. The molecule has 0 fully saturated rings. The van der Waals surface area contributed by atoms with E-state index in [9.17, 15) is 0 Å². The average molecular weight is 349 g/mol. The summed E-state index contributed by atoms with van der Waals surface area (Å²) in [4.78, 5) is 4.12. The summed E-state index contributed by atoms with van der Waals surface area (Å²) in [5, 5.41) is 3.05. The number of benzene rings is 1. The molecule has 1 aromatic carbocycles. The molecule has 96 valence electrons. The van der Waals surface area contributed by atoms with Gasteiger partial charge in [-0.2, -0.15) is 0 Å². The van der Waals surface area contributed by atoms with Crippen LogP contribution in [0.1, 0.15) is 12.5 Å². The lowest BCUT2D eigenvalue weighted by Gasteiger charge is -2.06. The van der Waals surface area contributed by atoms with E-state index in [4.69, 9.17) is 10.5 Å². The van der Waals surface area contributed by atoms with Gasteiger partial charge in [0.1, 0.15) is 0 Å². The number of nitrogens with one attached hydrogen (secondary N) is 1. The Balaban J connectivity index is 0.00000256. The van der Waals surface area contributed by atoms with Gasteiger partial charge in [0.05, 0.1) is 13.2 Å². The molecule has 0 radical (unpaired) electrons. The van der Waals surface area contributed by atoms with Crippen molar-refractivity contribution in [1.29, 1.82) is 0 Å². The van der Waals surface area contributed by atoms with Gasteiger partial charge in [-0.25, -0.2) is 0 Å². The molecule has 4 nitrogen and oxygen atoms in total. The number of aryl methyl sites for hydroxylation is 1. The first-order valence-corrected chi connectivity index (χ1v) is 5.41. The summed E-state index contributed by atoms with van der Waals surface area (Å²) in [6, 6.07) is 8.13. The van der Waals surface area contributed by atoms with E-state index >= 15 is 0 Å². The SMILES string of the molecule is CCc1cccc(NC(N)=NCCOC)c1.I. The van der Waals surface area contributed by atoms with Gasteiger partial charge in [-0.3, -0.25) is 4.99 Å². The number of rotatable bonds is 5. The second-order valence-electron chi connectivity index (χ2n) is 3.44. The first-order valence-electron chi connectivity index (χ1n) is 5.41. The van der Waals surface area contributed by atoms with Crippen LogP contribution in [0, 0.1) is 0 Å². The van der Waals surface area contributed by atoms with E-state index in [0.717, 1.165) is 12.1 Å². The average Bonchev–Trinajstić information content (AvgIpc) is 2.29. The molecule has 0 aromatic heterocycles. The van der Waals surface area contributed by atoms with Crippen molar-refractivity contribution in [2.24, 2.45) is 10.7 Å². The molecule has 0 aliphatic heterocycles. The van der Waals surface area contributed by atoms with Crippen molar-refractivity contribution in [3.63, 3.8) is 0 Å². The number of hydrogen-bond acceptors (Lipinski definition) is 2. The fourth-order valence-electron chi connectivity index (χ4n) is 1.31. The Labute approximate surface area is 120 Å². The minimum Gasteiger partial charge on any atom is -0.383 e. The number of hydrogen-bond donors (Lipinski definition) is 2. The lowest BCUT2D eigenvalue weighted by molar-refractivity contribution is 0.208. The highest BCUT2D eigenvalue weighted by molar-refractivity contribution is 14.0. The molecule has 1 aromatic rings. The highest BCUT2D eigenvalue weighted by atomic mass is 127. The number of guanidine groups is 1. The Bertz CT molecular complexity index is 355. The van der Waals surface area contributed by atoms with Crippen LogP contribution >= 0.6 is 24.0 Å². The van der Waals surface area contributed by atoms with Crippen LogP contribution in [-0.4, -0.2) is 26.2 Å². The number of nitrogens with zero attached hydrogens (tertiary/aromatic N) is 1. The van der Waals surface area contributed by atoms with Crippen molar-refractivity contribution < 1.29 is 4.74 Å². The highest BCUT2D eigenvalue weighted by Gasteiger charge is 1.95. The normalized spacial score (nSPS) is 10.8. The van der Waals surface area contributed by atoms with Crippen LogP contribution < -0.4 is 11.1 Å². The molecule has 17 heavy (non-hydrogen) atoms. The van der Waals surface area contributed by atoms with Gasteiger partial charge in [0, 0.05) is 12.8 Å². The molecule has 3 N–H and O–H groups in total. The van der Waals surface area contributed by atoms with Crippen LogP contribution in [0.25, 0.3) is 0 Å². The van der Waals surface area contributed by atoms with E-state index in [0.29, 0.717) is 19.1 Å². The Morgan fingerprint density at radius 1 is 1.47 bits per heavy atom. The van der Waals surface area contributed by atoms with E-state index in [2.05, 4.69) is 29.4 Å². The first kappa shape index (κ1) is 16.2. The zero-order valence-corrected chi connectivity index (χ0v) is 12.6. The lowest BCUT2D eigenvalue weighted by Crippen LogP contribution is -2.23. The highest BCUT2D eigenvalue weighted by Crippen LogP contribution is 2.10. The fraction of sp³-hybridized carbons (Fsp3) is 0.417. The summed E-state index contributed by atoms with van der Waals surface area (Å²) in [5.74, 6) is 0.422. The molecule has 0 bridgehead atoms. The van der Waals surface area contributed by atoms with E-state index in [-0.39, 0.29) is 24.0 Å². The van der Waals surface area contributed by atoms with E-state index in [1.807, 2.05) is 12.1 Å². The second kappa shape index (κ2) is 9.23. The van der Waals surface area contributed by atoms with Crippen LogP contribution in [0.2, 0.25) is 0 Å². The maximum Gasteiger partial charge on any atom is 0.193 e. The van der Waals surface area contributed by atoms with E-state index in [1.165, 1.54) is 5.56 Å². The van der Waals surface area contributed by atoms with Gasteiger partial charge < -0.3 is 15.8 Å². The monoisotopic (exact) mass is 349 g/mol. The summed E-state index contributed by atoms with van der Waals surface area (Å²) < 4.78 is 4.89. The third kappa shape index (κ3) is 6.48. The molecule has 0 saturated heterocycles. The van der Waals surface area contributed by atoms with Crippen LogP contribution in [-0.2, 0) is 11.2 Å². The minimum absolute atomic E-state index is 0. The molecule has 0 atom stereocenters. The van der Waals surface area contributed by atoms with Crippen LogP contribution in [0.15, 0.2) is 29.3 Å². The van der Waals surface area contributed by atoms with Gasteiger partial charge in [-0.1, -0.05) is 19.1 Å². The zero-order chi connectivity index (χ0) is 11.8. The zero-order valence-electron chi connectivity index (χ0n) is 10.3. The van der Waals surface area contributed by atoms with Crippen LogP contribution in [0.4, 0.5) is 5.69 Å². The summed E-state index contributed by atoms with van der Waals surface area (Å²) in [7, 11) is 1.64. The largest absolute Gasteiger partial charge is 0.383 e. The van der Waals surface area contributed by atoms with Crippen LogP contribution in [0.5, 0.6) is 0 Å². The van der Waals surface area contributed by atoms with E-state index in [1.54, 1.807) is 7.11 Å². The van der Waals surface area contributed by atoms with Gasteiger partial charge in [-0.05, 0) is 24.1 Å². The van der Waals surface area contributed by atoms with Crippen molar-refractivity contribution in [3.05, 3.63) is 29.8 Å². The van der Waals surface area contributed by atoms with E-state index < -0.39 is 0 Å². The molecule has 0 saturated carbocycles. The summed E-state index contributed by atoms with van der Waals surface area (Å²) in [6.45, 7) is 3.27. The first-order chi connectivity index (χ1) is 7.76. The number of aliphatic imine (C=N–C) groups is 1.